The van der Waals surface area contributed by atoms with Crippen molar-refractivity contribution in [1.82, 2.24) is 0 Å². The summed E-state index contributed by atoms with van der Waals surface area (Å²) in [6.45, 7) is 1.30. The Morgan fingerprint density at radius 1 is 1.36 bits per heavy atom. The van der Waals surface area contributed by atoms with Crippen molar-refractivity contribution in [2.45, 2.75) is 17.7 Å². The predicted octanol–water partition coefficient (Wildman–Crippen LogP) is 1.79. The molecule has 0 N–H and O–H groups in total. The lowest BCUT2D eigenvalue weighted by Gasteiger charge is -2.20. The number of carbonyl (C=O) groups excluding carboxylic acids is 1. The third-order valence-corrected chi connectivity index (χ3v) is 2.27. The third kappa shape index (κ3) is 2.62. The first-order chi connectivity index (χ1) is 5.22. The first-order valence-electron chi connectivity index (χ1n) is 3.61. The first kappa shape index (κ1) is 9.30. The Balaban J connectivity index is 2.39. The van der Waals surface area contributed by atoms with Crippen molar-refractivity contribution < 1.29 is 9.53 Å². The fourth-order valence-electron chi connectivity index (χ4n) is 1.16. The fraction of sp³-hybridized carbons (Fsp3) is 0.857. The third-order valence-electron chi connectivity index (χ3n) is 1.84. The summed E-state index contributed by atoms with van der Waals surface area (Å²) in [5.41, 5.74) is 0. The Labute approximate surface area is 75.8 Å². The number of alkyl halides is 2. The summed E-state index contributed by atoms with van der Waals surface area (Å²) in [6, 6.07) is 0. The summed E-state index contributed by atoms with van der Waals surface area (Å²) in [6.07, 6.45) is 1.52. The van der Waals surface area contributed by atoms with E-state index in [0.29, 0.717) is 13.2 Å². The van der Waals surface area contributed by atoms with E-state index >= 15 is 0 Å². The minimum atomic E-state index is -0.863. The molecule has 0 radical (unpaired) electrons. The normalized spacial score (nSPS) is 20.6. The van der Waals surface area contributed by atoms with Crippen molar-refractivity contribution in [2.24, 2.45) is 5.92 Å². The zero-order valence-corrected chi connectivity index (χ0v) is 7.57. The molecular weight excluding hydrogens is 187 g/mol. The minimum absolute atomic E-state index is 0.0174. The number of ketones is 1. The average molecular weight is 197 g/mol. The Bertz CT molecular complexity index is 141. The molecule has 0 unspecified atom stereocenters. The summed E-state index contributed by atoms with van der Waals surface area (Å²) in [5, 5.41) is 0. The summed E-state index contributed by atoms with van der Waals surface area (Å²) in [4.78, 5) is 10.3. The van der Waals surface area contributed by atoms with Crippen molar-refractivity contribution in [3.8, 4) is 0 Å². The van der Waals surface area contributed by atoms with E-state index in [1.165, 1.54) is 0 Å². The molecule has 11 heavy (non-hydrogen) atoms. The number of Topliss-reactive ketones (excluding diaryl/α,β-unsaturated/α-hetero) is 1. The monoisotopic (exact) mass is 196 g/mol. The maximum absolute atomic E-state index is 11.2. The largest absolute Gasteiger partial charge is 0.381 e. The van der Waals surface area contributed by atoms with Gasteiger partial charge in [0.25, 0.3) is 0 Å². The van der Waals surface area contributed by atoms with Crippen LogP contribution >= 0.6 is 23.2 Å². The highest BCUT2D eigenvalue weighted by Gasteiger charge is 2.25. The lowest BCUT2D eigenvalue weighted by molar-refractivity contribution is -0.123. The molecule has 64 valence electrons. The van der Waals surface area contributed by atoms with Crippen LogP contribution in [0, 0.1) is 5.92 Å². The molecule has 0 amide bonds. The molecule has 0 aromatic rings. The Morgan fingerprint density at radius 3 is 2.36 bits per heavy atom. The van der Waals surface area contributed by atoms with Gasteiger partial charge < -0.3 is 4.74 Å². The summed E-state index contributed by atoms with van der Waals surface area (Å²) < 4.78 is 5.09. The van der Waals surface area contributed by atoms with E-state index in [1.807, 2.05) is 0 Å². The number of carbonyl (C=O) groups is 1. The zero-order valence-electron chi connectivity index (χ0n) is 6.06. The van der Waals surface area contributed by atoms with Gasteiger partial charge in [0.2, 0.25) is 0 Å². The lowest BCUT2D eigenvalue weighted by Crippen LogP contribution is -2.27. The van der Waals surface area contributed by atoms with Crippen molar-refractivity contribution >= 4 is 29.0 Å². The molecule has 1 aliphatic heterocycles. The quantitative estimate of drug-likeness (QED) is 0.630. The molecule has 0 saturated carbocycles. The molecule has 2 nitrogen and oxygen atoms in total. The summed E-state index contributed by atoms with van der Waals surface area (Å²) in [7, 11) is 0. The second-order valence-corrected chi connectivity index (χ2v) is 3.69. The second kappa shape index (κ2) is 4.29. The molecule has 4 heteroatoms. The van der Waals surface area contributed by atoms with E-state index in [-0.39, 0.29) is 11.7 Å². The van der Waals surface area contributed by atoms with Gasteiger partial charge in [-0.15, -0.1) is 0 Å². The van der Waals surface area contributed by atoms with Crippen LogP contribution in [0.4, 0.5) is 0 Å². The van der Waals surface area contributed by atoms with Crippen molar-refractivity contribution in [2.75, 3.05) is 13.2 Å². The molecule has 0 atom stereocenters. The maximum atomic E-state index is 11.2. The van der Waals surface area contributed by atoms with Crippen LogP contribution in [0.5, 0.6) is 0 Å². The topological polar surface area (TPSA) is 26.3 Å². The Hall–Kier alpha value is 0.210. The van der Waals surface area contributed by atoms with Gasteiger partial charge in [-0.25, -0.2) is 0 Å². The Morgan fingerprint density at radius 2 is 1.91 bits per heavy atom. The van der Waals surface area contributed by atoms with Gasteiger partial charge in [-0.1, -0.05) is 23.2 Å². The van der Waals surface area contributed by atoms with Gasteiger partial charge in [-0.05, 0) is 12.8 Å². The van der Waals surface area contributed by atoms with Crippen LogP contribution in [0.15, 0.2) is 0 Å². The molecule has 0 aromatic heterocycles. The fourth-order valence-corrected chi connectivity index (χ4v) is 1.52. The SMILES string of the molecule is O=C(C(Cl)Cl)C1CCOCC1. The molecule has 1 fully saturated rings. The van der Waals surface area contributed by atoms with Crippen LogP contribution in [-0.4, -0.2) is 23.8 Å². The van der Waals surface area contributed by atoms with Crippen LogP contribution < -0.4 is 0 Å². The molecule has 0 spiro atoms. The highest BCUT2D eigenvalue weighted by molar-refractivity contribution is 6.53. The van der Waals surface area contributed by atoms with Crippen LogP contribution in [0.2, 0.25) is 0 Å². The molecule has 0 bridgehead atoms. The molecule has 0 aliphatic carbocycles. The van der Waals surface area contributed by atoms with E-state index < -0.39 is 4.84 Å². The second-order valence-electron chi connectivity index (χ2n) is 2.59. The van der Waals surface area contributed by atoms with Crippen molar-refractivity contribution in [3.05, 3.63) is 0 Å². The molecule has 1 heterocycles. The standard InChI is InChI=1S/C7H10Cl2O2/c8-7(9)6(10)5-1-3-11-4-2-5/h5,7H,1-4H2. The van der Waals surface area contributed by atoms with Gasteiger partial charge in [-0.3, -0.25) is 4.79 Å². The molecular formula is C7H10Cl2O2. The molecule has 1 saturated heterocycles. The number of halogens is 2. The molecule has 1 aliphatic rings. The summed E-state index contributed by atoms with van der Waals surface area (Å²) in [5.74, 6) is -0.0413. The molecule has 1 rings (SSSR count). The van der Waals surface area contributed by atoms with Gasteiger partial charge in [0.05, 0.1) is 0 Å². The van der Waals surface area contributed by atoms with E-state index in [2.05, 4.69) is 0 Å². The van der Waals surface area contributed by atoms with Crippen LogP contribution in [0.25, 0.3) is 0 Å². The van der Waals surface area contributed by atoms with Crippen LogP contribution in [0.1, 0.15) is 12.8 Å². The highest BCUT2D eigenvalue weighted by atomic mass is 35.5. The maximum Gasteiger partial charge on any atom is 0.168 e. The number of ether oxygens (including phenoxy) is 1. The predicted molar refractivity (Wildman–Crippen MR) is 44.0 cm³/mol. The van der Waals surface area contributed by atoms with Crippen LogP contribution in [0.3, 0.4) is 0 Å². The van der Waals surface area contributed by atoms with Gasteiger partial charge in [0.1, 0.15) is 0 Å². The van der Waals surface area contributed by atoms with Crippen LogP contribution in [-0.2, 0) is 9.53 Å². The van der Waals surface area contributed by atoms with E-state index in [4.69, 9.17) is 27.9 Å². The number of hydrogen-bond donors (Lipinski definition) is 0. The smallest absolute Gasteiger partial charge is 0.168 e. The van der Waals surface area contributed by atoms with Gasteiger partial charge in [0, 0.05) is 19.1 Å². The average Bonchev–Trinajstić information content (AvgIpc) is 2.05. The van der Waals surface area contributed by atoms with Gasteiger partial charge in [0.15, 0.2) is 10.6 Å². The van der Waals surface area contributed by atoms with E-state index in [0.717, 1.165) is 12.8 Å². The lowest BCUT2D eigenvalue weighted by atomic mass is 9.96. The van der Waals surface area contributed by atoms with Crippen molar-refractivity contribution in [1.29, 1.82) is 0 Å². The van der Waals surface area contributed by atoms with E-state index in [9.17, 15) is 4.79 Å². The molecule has 0 aromatic carbocycles. The first-order valence-corrected chi connectivity index (χ1v) is 4.48. The Kier molecular flexibility index (Phi) is 3.63. The highest BCUT2D eigenvalue weighted by Crippen LogP contribution is 2.20. The summed E-state index contributed by atoms with van der Waals surface area (Å²) >= 11 is 10.9. The number of hydrogen-bond acceptors (Lipinski definition) is 2. The number of rotatable bonds is 2. The van der Waals surface area contributed by atoms with E-state index in [1.54, 1.807) is 0 Å². The van der Waals surface area contributed by atoms with Crippen molar-refractivity contribution in [3.63, 3.8) is 0 Å². The zero-order chi connectivity index (χ0) is 8.27. The van der Waals surface area contributed by atoms with Gasteiger partial charge in [-0.2, -0.15) is 0 Å². The van der Waals surface area contributed by atoms with Gasteiger partial charge >= 0.3 is 0 Å². The minimum Gasteiger partial charge on any atom is -0.381 e.